The lowest BCUT2D eigenvalue weighted by atomic mass is 10.0. The Balaban J connectivity index is 2.97. The maximum absolute atomic E-state index is 13.3. The number of carboxylic acids is 1. The number of aliphatic carboxylic acids is 1. The highest BCUT2D eigenvalue weighted by Crippen LogP contribution is 2.16. The SMILES string of the molecule is Cc1ccc(CC(N)C(=O)O)c(F)c1F. The van der Waals surface area contributed by atoms with E-state index >= 15 is 0 Å². The molecule has 0 heterocycles. The monoisotopic (exact) mass is 215 g/mol. The average molecular weight is 215 g/mol. The van der Waals surface area contributed by atoms with E-state index in [-0.39, 0.29) is 17.5 Å². The maximum Gasteiger partial charge on any atom is 0.320 e. The third-order valence-electron chi connectivity index (χ3n) is 2.11. The fourth-order valence-corrected chi connectivity index (χ4v) is 1.17. The highest BCUT2D eigenvalue weighted by Gasteiger charge is 2.17. The van der Waals surface area contributed by atoms with Crippen molar-refractivity contribution in [2.45, 2.75) is 19.4 Å². The molecule has 0 radical (unpaired) electrons. The summed E-state index contributed by atoms with van der Waals surface area (Å²) in [6.07, 6.45) is -0.224. The number of halogens is 2. The molecule has 0 aliphatic heterocycles. The van der Waals surface area contributed by atoms with E-state index in [9.17, 15) is 13.6 Å². The van der Waals surface area contributed by atoms with Gasteiger partial charge in [-0.3, -0.25) is 4.79 Å². The summed E-state index contributed by atoms with van der Waals surface area (Å²) in [5.41, 5.74) is 5.38. The molecule has 1 unspecified atom stereocenters. The molecule has 15 heavy (non-hydrogen) atoms. The smallest absolute Gasteiger partial charge is 0.320 e. The van der Waals surface area contributed by atoms with E-state index in [0.29, 0.717) is 0 Å². The lowest BCUT2D eigenvalue weighted by molar-refractivity contribution is -0.138. The van der Waals surface area contributed by atoms with Crippen LogP contribution in [0.5, 0.6) is 0 Å². The summed E-state index contributed by atoms with van der Waals surface area (Å²) in [4.78, 5) is 10.4. The van der Waals surface area contributed by atoms with Gasteiger partial charge in [-0.1, -0.05) is 12.1 Å². The first kappa shape index (κ1) is 11.6. The number of benzene rings is 1. The Bertz CT molecular complexity index is 393. The van der Waals surface area contributed by atoms with Crippen LogP contribution in [0.1, 0.15) is 11.1 Å². The highest BCUT2D eigenvalue weighted by atomic mass is 19.2. The second-order valence-electron chi connectivity index (χ2n) is 3.32. The van der Waals surface area contributed by atoms with Crippen molar-refractivity contribution in [1.82, 2.24) is 0 Å². The van der Waals surface area contributed by atoms with Crippen LogP contribution in [-0.2, 0) is 11.2 Å². The first-order valence-corrected chi connectivity index (χ1v) is 4.35. The van der Waals surface area contributed by atoms with Gasteiger partial charge in [0.1, 0.15) is 6.04 Å². The normalized spacial score (nSPS) is 12.5. The van der Waals surface area contributed by atoms with Crippen LogP contribution in [0.3, 0.4) is 0 Å². The third kappa shape index (κ3) is 2.50. The molecule has 1 atom stereocenters. The van der Waals surface area contributed by atoms with Crippen molar-refractivity contribution in [3.8, 4) is 0 Å². The minimum Gasteiger partial charge on any atom is -0.480 e. The number of carbonyl (C=O) groups is 1. The maximum atomic E-state index is 13.3. The van der Waals surface area contributed by atoms with E-state index in [1.165, 1.54) is 19.1 Å². The number of carboxylic acid groups (broad SMARTS) is 1. The van der Waals surface area contributed by atoms with Gasteiger partial charge >= 0.3 is 5.97 Å². The lowest BCUT2D eigenvalue weighted by Gasteiger charge is -2.08. The van der Waals surface area contributed by atoms with E-state index in [4.69, 9.17) is 10.8 Å². The number of nitrogens with two attached hydrogens (primary N) is 1. The third-order valence-corrected chi connectivity index (χ3v) is 2.11. The largest absolute Gasteiger partial charge is 0.480 e. The van der Waals surface area contributed by atoms with Gasteiger partial charge in [-0.15, -0.1) is 0 Å². The first-order chi connectivity index (χ1) is 6.93. The van der Waals surface area contributed by atoms with Crippen molar-refractivity contribution in [1.29, 1.82) is 0 Å². The molecular weight excluding hydrogens is 204 g/mol. The van der Waals surface area contributed by atoms with Gasteiger partial charge in [0.2, 0.25) is 0 Å². The molecule has 0 fully saturated rings. The minimum absolute atomic E-state index is 0.0204. The van der Waals surface area contributed by atoms with Crippen LogP contribution in [0, 0.1) is 18.6 Å². The summed E-state index contributed by atoms with van der Waals surface area (Å²) < 4.78 is 26.3. The number of rotatable bonds is 3. The number of aryl methyl sites for hydroxylation is 1. The molecule has 0 saturated heterocycles. The molecule has 0 bridgehead atoms. The van der Waals surface area contributed by atoms with E-state index in [1.54, 1.807) is 0 Å². The molecule has 1 aromatic carbocycles. The summed E-state index contributed by atoms with van der Waals surface area (Å²) in [6.45, 7) is 1.43. The minimum atomic E-state index is -1.24. The molecule has 0 aromatic heterocycles. The predicted molar refractivity (Wildman–Crippen MR) is 50.4 cm³/mol. The molecule has 3 nitrogen and oxygen atoms in total. The quantitative estimate of drug-likeness (QED) is 0.797. The lowest BCUT2D eigenvalue weighted by Crippen LogP contribution is -2.32. The Morgan fingerprint density at radius 1 is 1.47 bits per heavy atom. The van der Waals surface area contributed by atoms with Crippen LogP contribution in [0.25, 0.3) is 0 Å². The zero-order valence-electron chi connectivity index (χ0n) is 8.13. The average Bonchev–Trinajstić information content (AvgIpc) is 2.18. The van der Waals surface area contributed by atoms with Gasteiger partial charge in [0.05, 0.1) is 0 Å². The zero-order valence-corrected chi connectivity index (χ0v) is 8.13. The molecule has 0 aliphatic rings. The van der Waals surface area contributed by atoms with Crippen molar-refractivity contribution in [2.75, 3.05) is 0 Å². The predicted octanol–water partition coefficient (Wildman–Crippen LogP) is 1.23. The van der Waals surface area contributed by atoms with Crippen molar-refractivity contribution in [2.24, 2.45) is 5.73 Å². The van der Waals surface area contributed by atoms with Gasteiger partial charge < -0.3 is 10.8 Å². The second-order valence-corrected chi connectivity index (χ2v) is 3.32. The van der Waals surface area contributed by atoms with Gasteiger partial charge in [-0.2, -0.15) is 0 Å². The van der Waals surface area contributed by atoms with Crippen LogP contribution in [0.2, 0.25) is 0 Å². The standard InChI is InChI=1S/C10H11F2NO2/c1-5-2-3-6(9(12)8(5)11)4-7(13)10(14)15/h2-3,7H,4,13H2,1H3,(H,14,15). The molecule has 82 valence electrons. The van der Waals surface area contributed by atoms with Crippen LogP contribution in [0.4, 0.5) is 8.78 Å². The fraction of sp³-hybridized carbons (Fsp3) is 0.300. The van der Waals surface area contributed by atoms with Gasteiger partial charge in [0.15, 0.2) is 11.6 Å². The van der Waals surface area contributed by atoms with Crippen LogP contribution < -0.4 is 5.73 Å². The highest BCUT2D eigenvalue weighted by molar-refractivity contribution is 5.73. The van der Waals surface area contributed by atoms with Gasteiger partial charge in [-0.05, 0) is 18.1 Å². The van der Waals surface area contributed by atoms with Crippen LogP contribution in [0.15, 0.2) is 12.1 Å². The summed E-state index contributed by atoms with van der Waals surface area (Å²) in [5.74, 6) is -3.22. The molecule has 1 rings (SSSR count). The van der Waals surface area contributed by atoms with Crippen LogP contribution >= 0.6 is 0 Å². The van der Waals surface area contributed by atoms with Gasteiger partial charge in [0.25, 0.3) is 0 Å². The Morgan fingerprint density at radius 3 is 2.60 bits per heavy atom. The number of hydrogen-bond acceptors (Lipinski definition) is 2. The topological polar surface area (TPSA) is 63.3 Å². The van der Waals surface area contributed by atoms with Crippen molar-refractivity contribution in [3.05, 3.63) is 34.9 Å². The molecule has 0 aliphatic carbocycles. The second kappa shape index (κ2) is 4.35. The van der Waals surface area contributed by atoms with Gasteiger partial charge in [0, 0.05) is 6.42 Å². The van der Waals surface area contributed by atoms with E-state index in [0.717, 1.165) is 0 Å². The van der Waals surface area contributed by atoms with Crippen LogP contribution in [-0.4, -0.2) is 17.1 Å². The number of hydrogen-bond donors (Lipinski definition) is 2. The fourth-order valence-electron chi connectivity index (χ4n) is 1.17. The summed E-state index contributed by atoms with van der Waals surface area (Å²) >= 11 is 0. The zero-order chi connectivity index (χ0) is 11.6. The summed E-state index contributed by atoms with van der Waals surface area (Å²) in [7, 11) is 0. The Labute approximate surface area is 85.5 Å². The Morgan fingerprint density at radius 2 is 2.07 bits per heavy atom. The first-order valence-electron chi connectivity index (χ1n) is 4.35. The molecule has 0 amide bonds. The molecule has 1 aromatic rings. The van der Waals surface area contributed by atoms with Crippen molar-refractivity contribution < 1.29 is 18.7 Å². The Kier molecular flexibility index (Phi) is 3.36. The van der Waals surface area contributed by atoms with Crippen molar-refractivity contribution >= 4 is 5.97 Å². The molecule has 3 N–H and O–H groups in total. The molecule has 5 heteroatoms. The van der Waals surface area contributed by atoms with E-state index < -0.39 is 23.6 Å². The molecule has 0 saturated carbocycles. The summed E-state index contributed by atoms with van der Waals surface area (Å²) in [5, 5.41) is 8.52. The van der Waals surface area contributed by atoms with E-state index in [1.807, 2.05) is 0 Å². The molecule has 0 spiro atoms. The molecular formula is C10H11F2NO2. The van der Waals surface area contributed by atoms with Crippen molar-refractivity contribution in [3.63, 3.8) is 0 Å². The van der Waals surface area contributed by atoms with E-state index in [2.05, 4.69) is 0 Å². The van der Waals surface area contributed by atoms with Gasteiger partial charge in [-0.25, -0.2) is 8.78 Å². The summed E-state index contributed by atoms with van der Waals surface area (Å²) in [6, 6.07) is 1.51. The Hall–Kier alpha value is -1.49.